The Bertz CT molecular complexity index is 371. The monoisotopic (exact) mass is 334 g/mol. The Morgan fingerprint density at radius 1 is 1.09 bits per heavy atom. The fourth-order valence-corrected chi connectivity index (χ4v) is 4.41. The maximum Gasteiger partial charge on any atom is 0.320 e. The third kappa shape index (κ3) is 6.06. The van der Waals surface area contributed by atoms with Crippen LogP contribution in [0.2, 0.25) is 19.6 Å². The van der Waals surface area contributed by atoms with E-state index in [1.807, 2.05) is 47.3 Å². The first-order chi connectivity index (χ1) is 9.77. The Hall–Kier alpha value is -0.923. The first-order valence-corrected chi connectivity index (χ1v) is 11.3. The van der Waals surface area contributed by atoms with Crippen LogP contribution in [0, 0.1) is 11.8 Å². The van der Waals surface area contributed by atoms with E-state index in [0.717, 1.165) is 12.8 Å². The smallest absolute Gasteiger partial charge is 0.320 e. The van der Waals surface area contributed by atoms with E-state index in [9.17, 15) is 14.7 Å². The van der Waals surface area contributed by atoms with E-state index in [1.165, 1.54) is 0 Å². The zero-order valence-corrected chi connectivity index (χ0v) is 16.0. The van der Waals surface area contributed by atoms with Gasteiger partial charge in [-0.3, -0.25) is 9.59 Å². The van der Waals surface area contributed by atoms with Gasteiger partial charge in [-0.05, 0) is 11.8 Å². The summed E-state index contributed by atoms with van der Waals surface area (Å²) in [5.74, 6) is -1.65. The summed E-state index contributed by atoms with van der Waals surface area (Å²) in [6.07, 6.45) is 1.63. The van der Waals surface area contributed by atoms with E-state index in [-0.39, 0.29) is 11.8 Å². The molecule has 0 saturated heterocycles. The zero-order valence-electron chi connectivity index (χ0n) is 15.0. The van der Waals surface area contributed by atoms with Gasteiger partial charge in [0.15, 0.2) is 0 Å². The van der Waals surface area contributed by atoms with Crippen LogP contribution < -0.4 is 11.5 Å². The molecule has 6 nitrogen and oxygen atoms in total. The summed E-state index contributed by atoms with van der Waals surface area (Å²) in [5, 5.41) is 16.5. The van der Waals surface area contributed by atoms with Crippen molar-refractivity contribution in [2.45, 2.75) is 71.4 Å². The van der Waals surface area contributed by atoms with Gasteiger partial charge < -0.3 is 21.7 Å². The Kier molecular flexibility index (Phi) is 9.84. The van der Waals surface area contributed by atoms with Gasteiger partial charge in [-0.1, -0.05) is 60.2 Å². The van der Waals surface area contributed by atoms with Crippen molar-refractivity contribution in [1.82, 2.24) is 0 Å². The van der Waals surface area contributed by atoms with Crippen molar-refractivity contribution in [2.24, 2.45) is 23.3 Å². The number of carboxylic acid groups (broad SMARTS) is 2. The van der Waals surface area contributed by atoms with Gasteiger partial charge in [0.05, 0.1) is 8.07 Å². The maximum absolute atomic E-state index is 11.2. The Balaban J connectivity index is 0. The molecular formula is C15H34N2O4Si. The minimum absolute atomic E-state index is 0.0386. The molecule has 0 aromatic heterocycles. The molecule has 6 N–H and O–H groups in total. The molecule has 0 radical (unpaired) electrons. The molecule has 0 unspecified atom stereocenters. The highest BCUT2D eigenvalue weighted by molar-refractivity contribution is 6.82. The van der Waals surface area contributed by atoms with Crippen molar-refractivity contribution in [3.63, 3.8) is 0 Å². The van der Waals surface area contributed by atoms with Crippen molar-refractivity contribution in [3.8, 4) is 0 Å². The molecular weight excluding hydrogens is 300 g/mol. The van der Waals surface area contributed by atoms with Gasteiger partial charge in [-0.15, -0.1) is 0 Å². The second kappa shape index (κ2) is 9.27. The summed E-state index contributed by atoms with van der Waals surface area (Å²) < 4.78 is 0. The van der Waals surface area contributed by atoms with Crippen LogP contribution in [0.3, 0.4) is 0 Å². The standard InChI is InChI=1S/C9H21NO2Si.C6H13NO2/c1-6-7(2)9(10,8(11)12)13(3,4)5;1-3-4(2)5(7)6(8)9/h7H,6,10H2,1-5H3,(H,11,12);4-5H,3,7H2,1-2H3,(H,8,9)/t7-,9+;4-,5-/m00/s1. The molecule has 7 heteroatoms. The van der Waals surface area contributed by atoms with Crippen LogP contribution in [0.5, 0.6) is 0 Å². The van der Waals surface area contributed by atoms with Gasteiger partial charge in [-0.2, -0.15) is 0 Å². The van der Waals surface area contributed by atoms with Crippen LogP contribution in [-0.2, 0) is 9.59 Å². The second-order valence-corrected chi connectivity index (χ2v) is 12.3. The average Bonchev–Trinajstić information content (AvgIpc) is 2.42. The van der Waals surface area contributed by atoms with Gasteiger partial charge in [0.1, 0.15) is 11.2 Å². The van der Waals surface area contributed by atoms with Crippen LogP contribution >= 0.6 is 0 Å². The van der Waals surface area contributed by atoms with Gasteiger partial charge >= 0.3 is 11.9 Å². The number of carboxylic acids is 2. The largest absolute Gasteiger partial charge is 0.480 e. The normalized spacial score (nSPS) is 18.2. The first kappa shape index (κ1) is 23.3. The third-order valence-corrected chi connectivity index (χ3v) is 7.72. The molecule has 0 heterocycles. The van der Waals surface area contributed by atoms with E-state index in [4.69, 9.17) is 16.6 Å². The van der Waals surface area contributed by atoms with Crippen molar-refractivity contribution >= 4 is 20.0 Å². The maximum atomic E-state index is 11.2. The molecule has 4 atom stereocenters. The molecule has 0 aromatic carbocycles. The number of hydrogen-bond acceptors (Lipinski definition) is 4. The first-order valence-electron chi connectivity index (χ1n) is 7.77. The molecule has 132 valence electrons. The molecule has 0 aliphatic rings. The Morgan fingerprint density at radius 2 is 1.50 bits per heavy atom. The lowest BCUT2D eigenvalue weighted by molar-refractivity contribution is -0.142. The number of aliphatic carboxylic acids is 2. The predicted molar refractivity (Wildman–Crippen MR) is 92.4 cm³/mol. The molecule has 0 bridgehead atoms. The zero-order chi connectivity index (χ0) is 18.3. The molecule has 0 saturated carbocycles. The van der Waals surface area contributed by atoms with Crippen LogP contribution in [0.25, 0.3) is 0 Å². The second-order valence-electron chi connectivity index (χ2n) is 6.98. The minimum Gasteiger partial charge on any atom is -0.480 e. The number of rotatable bonds is 7. The molecule has 0 aliphatic carbocycles. The van der Waals surface area contributed by atoms with Gasteiger partial charge in [0.25, 0.3) is 0 Å². The lowest BCUT2D eigenvalue weighted by atomic mass is 9.99. The number of carbonyl (C=O) groups is 2. The highest BCUT2D eigenvalue weighted by Gasteiger charge is 2.49. The summed E-state index contributed by atoms with van der Waals surface area (Å²) in [6, 6.07) is -0.699. The number of nitrogens with two attached hydrogens (primary N) is 2. The van der Waals surface area contributed by atoms with E-state index < -0.39 is 31.2 Å². The van der Waals surface area contributed by atoms with E-state index in [0.29, 0.717) is 0 Å². The fraction of sp³-hybridized carbons (Fsp3) is 0.867. The van der Waals surface area contributed by atoms with Crippen molar-refractivity contribution in [3.05, 3.63) is 0 Å². The van der Waals surface area contributed by atoms with Gasteiger partial charge in [0, 0.05) is 0 Å². The summed E-state index contributed by atoms with van der Waals surface area (Å²) in [5.41, 5.74) is 11.3. The van der Waals surface area contributed by atoms with Crippen LogP contribution in [-0.4, -0.2) is 41.4 Å². The van der Waals surface area contributed by atoms with Crippen molar-refractivity contribution in [2.75, 3.05) is 0 Å². The Labute approximate surface area is 135 Å². The van der Waals surface area contributed by atoms with Gasteiger partial charge in [-0.25, -0.2) is 0 Å². The fourth-order valence-electron chi connectivity index (χ4n) is 2.09. The van der Waals surface area contributed by atoms with Gasteiger partial charge in [0.2, 0.25) is 0 Å². The molecule has 0 aromatic rings. The van der Waals surface area contributed by atoms with Crippen LogP contribution in [0.15, 0.2) is 0 Å². The highest BCUT2D eigenvalue weighted by atomic mass is 28.3. The summed E-state index contributed by atoms with van der Waals surface area (Å²) in [6.45, 7) is 13.7. The van der Waals surface area contributed by atoms with Crippen LogP contribution in [0.1, 0.15) is 40.5 Å². The van der Waals surface area contributed by atoms with E-state index >= 15 is 0 Å². The predicted octanol–water partition coefficient (Wildman–Crippen LogP) is 2.14. The molecule has 0 spiro atoms. The van der Waals surface area contributed by atoms with E-state index in [1.54, 1.807) is 0 Å². The number of hydrogen-bond donors (Lipinski definition) is 4. The topological polar surface area (TPSA) is 127 Å². The summed E-state index contributed by atoms with van der Waals surface area (Å²) in [4.78, 5) is 21.4. The van der Waals surface area contributed by atoms with E-state index in [2.05, 4.69) is 0 Å². The molecule has 0 fully saturated rings. The summed E-state index contributed by atoms with van der Waals surface area (Å²) in [7, 11) is -1.88. The average molecular weight is 335 g/mol. The minimum atomic E-state index is -1.88. The SMILES string of the molecule is CC[C@H](C)[C@H](N)C(=O)O.CC[C@H](C)[C@](N)(C(=O)O)[Si](C)(C)C. The lowest BCUT2D eigenvalue weighted by Crippen LogP contribution is -2.68. The molecule has 0 amide bonds. The lowest BCUT2D eigenvalue weighted by Gasteiger charge is -2.40. The highest BCUT2D eigenvalue weighted by Crippen LogP contribution is 2.28. The Morgan fingerprint density at radius 3 is 1.59 bits per heavy atom. The molecule has 22 heavy (non-hydrogen) atoms. The summed E-state index contributed by atoms with van der Waals surface area (Å²) >= 11 is 0. The molecule has 0 aliphatic heterocycles. The van der Waals surface area contributed by atoms with Crippen LogP contribution in [0.4, 0.5) is 0 Å². The quantitative estimate of drug-likeness (QED) is 0.528. The third-order valence-electron chi connectivity index (χ3n) is 4.53. The molecule has 0 rings (SSSR count). The van der Waals surface area contributed by atoms with Crippen molar-refractivity contribution < 1.29 is 19.8 Å². The van der Waals surface area contributed by atoms with Crippen molar-refractivity contribution in [1.29, 1.82) is 0 Å².